The van der Waals surface area contributed by atoms with Gasteiger partial charge in [-0.25, -0.2) is 4.79 Å². The topological polar surface area (TPSA) is 84.8 Å². The molecule has 1 saturated carbocycles. The molecular formula is C26H35N3O4. The average molecular weight is 454 g/mol. The van der Waals surface area contributed by atoms with E-state index in [9.17, 15) is 4.79 Å². The number of carbonyl (C=O) groups is 1. The fourth-order valence-electron chi connectivity index (χ4n) is 4.66. The van der Waals surface area contributed by atoms with Gasteiger partial charge in [0, 0.05) is 37.6 Å². The second kappa shape index (κ2) is 11.3. The number of amides is 1. The molecule has 7 nitrogen and oxygen atoms in total. The van der Waals surface area contributed by atoms with Crippen molar-refractivity contribution in [3.05, 3.63) is 36.0 Å². The van der Waals surface area contributed by atoms with E-state index in [1.54, 1.807) is 0 Å². The molecule has 1 aliphatic heterocycles. The Morgan fingerprint density at radius 2 is 1.70 bits per heavy atom. The Balaban J connectivity index is 1.47. The monoisotopic (exact) mass is 453 g/mol. The molecule has 33 heavy (non-hydrogen) atoms. The molecule has 1 aromatic carbocycles. The van der Waals surface area contributed by atoms with Gasteiger partial charge in [0.05, 0.1) is 11.8 Å². The first kappa shape index (κ1) is 23.3. The van der Waals surface area contributed by atoms with Gasteiger partial charge in [-0.3, -0.25) is 0 Å². The van der Waals surface area contributed by atoms with Crippen LogP contribution in [-0.4, -0.2) is 51.6 Å². The van der Waals surface area contributed by atoms with Gasteiger partial charge in [0.2, 0.25) is 5.88 Å². The van der Waals surface area contributed by atoms with Crippen LogP contribution in [0.2, 0.25) is 0 Å². The summed E-state index contributed by atoms with van der Waals surface area (Å²) in [5, 5.41) is 18.0. The molecule has 2 heterocycles. The third-order valence-corrected chi connectivity index (χ3v) is 6.64. The first-order valence-corrected chi connectivity index (χ1v) is 12.4. The molecule has 178 valence electrons. The Hall–Kier alpha value is -2.83. The van der Waals surface area contributed by atoms with Crippen molar-refractivity contribution in [3.8, 4) is 22.8 Å². The van der Waals surface area contributed by atoms with E-state index in [0.29, 0.717) is 37.9 Å². The second-order valence-corrected chi connectivity index (χ2v) is 9.14. The van der Waals surface area contributed by atoms with E-state index in [4.69, 9.17) is 14.6 Å². The first-order chi connectivity index (χ1) is 16.1. The second-order valence-electron chi connectivity index (χ2n) is 9.14. The van der Waals surface area contributed by atoms with Crippen LogP contribution in [0.4, 0.5) is 4.79 Å². The van der Waals surface area contributed by atoms with Gasteiger partial charge in [-0.15, -0.1) is 5.10 Å². The molecule has 0 bridgehead atoms. The number of nitrogens with zero attached hydrogens (tertiary/aromatic N) is 3. The van der Waals surface area contributed by atoms with Gasteiger partial charge >= 0.3 is 6.09 Å². The Morgan fingerprint density at radius 1 is 1.00 bits per heavy atom. The minimum absolute atomic E-state index is 0.0458. The van der Waals surface area contributed by atoms with Crippen LogP contribution < -0.4 is 9.47 Å². The summed E-state index contributed by atoms with van der Waals surface area (Å²) < 4.78 is 12.3. The molecule has 2 aromatic rings. The lowest BCUT2D eigenvalue weighted by atomic mass is 9.97. The quantitative estimate of drug-likeness (QED) is 0.550. The van der Waals surface area contributed by atoms with Crippen LogP contribution in [0.1, 0.15) is 70.4 Å². The Bertz CT molecular complexity index is 904. The molecule has 0 radical (unpaired) electrons. The summed E-state index contributed by atoms with van der Waals surface area (Å²) in [4.78, 5) is 12.6. The molecule has 0 unspecified atom stereocenters. The molecule has 0 atom stereocenters. The highest BCUT2D eigenvalue weighted by atomic mass is 16.5. The van der Waals surface area contributed by atoms with Crippen LogP contribution in [-0.2, 0) is 6.42 Å². The van der Waals surface area contributed by atoms with Crippen LogP contribution in [0.15, 0.2) is 30.3 Å². The normalized spacial score (nSPS) is 17.7. The van der Waals surface area contributed by atoms with Crippen molar-refractivity contribution in [2.75, 3.05) is 13.1 Å². The molecule has 1 aromatic heterocycles. The Labute approximate surface area is 196 Å². The number of benzene rings is 1. The fourth-order valence-corrected chi connectivity index (χ4v) is 4.66. The average Bonchev–Trinajstić information content (AvgIpc) is 2.85. The summed E-state index contributed by atoms with van der Waals surface area (Å²) in [5.41, 5.74) is 3.10. The highest BCUT2D eigenvalue weighted by molar-refractivity contribution is 5.67. The van der Waals surface area contributed by atoms with E-state index in [1.807, 2.05) is 6.07 Å². The third-order valence-electron chi connectivity index (χ3n) is 6.64. The summed E-state index contributed by atoms with van der Waals surface area (Å²) in [6.45, 7) is 3.14. The van der Waals surface area contributed by atoms with Crippen LogP contribution in [0, 0.1) is 0 Å². The van der Waals surface area contributed by atoms with E-state index in [1.165, 1.54) is 24.2 Å². The Kier molecular flexibility index (Phi) is 8.02. The number of ether oxygens (including phenoxy) is 2. The number of unbranched alkanes of at least 4 members (excludes halogenated alkanes) is 1. The molecule has 1 saturated heterocycles. The zero-order valence-corrected chi connectivity index (χ0v) is 19.5. The molecular weight excluding hydrogens is 418 g/mol. The molecule has 1 N–H and O–H groups in total. The summed E-state index contributed by atoms with van der Waals surface area (Å²) in [6.07, 6.45) is 9.87. The van der Waals surface area contributed by atoms with Gasteiger partial charge < -0.3 is 19.5 Å². The predicted molar refractivity (Wildman–Crippen MR) is 127 cm³/mol. The van der Waals surface area contributed by atoms with E-state index in [0.717, 1.165) is 54.7 Å². The van der Waals surface area contributed by atoms with Crippen LogP contribution in [0.25, 0.3) is 11.1 Å². The Morgan fingerprint density at radius 3 is 2.36 bits per heavy atom. The summed E-state index contributed by atoms with van der Waals surface area (Å²) in [5.74, 6) is 1.42. The number of hydrogen-bond acceptors (Lipinski definition) is 5. The maximum Gasteiger partial charge on any atom is 0.407 e. The van der Waals surface area contributed by atoms with Gasteiger partial charge in [0.15, 0.2) is 0 Å². The van der Waals surface area contributed by atoms with Crippen molar-refractivity contribution >= 4 is 6.09 Å². The third kappa shape index (κ3) is 6.36. The lowest BCUT2D eigenvalue weighted by Gasteiger charge is -2.29. The number of aromatic nitrogens is 2. The number of rotatable bonds is 8. The van der Waals surface area contributed by atoms with Crippen molar-refractivity contribution in [3.63, 3.8) is 0 Å². The van der Waals surface area contributed by atoms with E-state index >= 15 is 0 Å². The summed E-state index contributed by atoms with van der Waals surface area (Å²) in [7, 11) is 0. The van der Waals surface area contributed by atoms with Crippen LogP contribution >= 0.6 is 0 Å². The van der Waals surface area contributed by atoms with Gasteiger partial charge in [0.1, 0.15) is 11.9 Å². The molecule has 2 aliphatic rings. The number of aryl methyl sites for hydroxylation is 1. The van der Waals surface area contributed by atoms with Crippen molar-refractivity contribution in [2.45, 2.75) is 83.3 Å². The minimum atomic E-state index is -0.869. The molecule has 7 heteroatoms. The number of likely N-dealkylation sites (tertiary alicyclic amines) is 1. The number of carboxylic acid groups (broad SMARTS) is 1. The van der Waals surface area contributed by atoms with Crippen LogP contribution in [0.3, 0.4) is 0 Å². The lowest BCUT2D eigenvalue weighted by Crippen LogP contribution is -2.41. The summed E-state index contributed by atoms with van der Waals surface area (Å²) in [6, 6.07) is 10.3. The zero-order chi connectivity index (χ0) is 23.0. The van der Waals surface area contributed by atoms with E-state index < -0.39 is 6.09 Å². The number of piperidine rings is 1. The fraction of sp³-hybridized carbons (Fsp3) is 0.577. The standard InChI is InChI=1S/C26H35N3O4/c1-2-3-9-24-23(19-10-12-21(13-11-19)32-20-7-5-4-6-8-20)18-25(28-27-24)33-22-14-16-29(17-15-22)26(30)31/h10-13,18,20,22H,2-9,14-17H2,1H3,(H,30,31). The van der Waals surface area contributed by atoms with Gasteiger partial charge in [-0.2, -0.15) is 5.10 Å². The zero-order valence-electron chi connectivity index (χ0n) is 19.5. The van der Waals surface area contributed by atoms with Crippen molar-refractivity contribution in [2.24, 2.45) is 0 Å². The largest absolute Gasteiger partial charge is 0.490 e. The highest BCUT2D eigenvalue weighted by Gasteiger charge is 2.24. The van der Waals surface area contributed by atoms with Crippen molar-refractivity contribution in [1.29, 1.82) is 0 Å². The molecule has 4 rings (SSSR count). The predicted octanol–water partition coefficient (Wildman–Crippen LogP) is 5.72. The molecule has 1 aliphatic carbocycles. The van der Waals surface area contributed by atoms with Crippen molar-refractivity contribution in [1.82, 2.24) is 15.1 Å². The maximum atomic E-state index is 11.1. The van der Waals surface area contributed by atoms with Gasteiger partial charge in [0.25, 0.3) is 0 Å². The molecule has 1 amide bonds. The van der Waals surface area contributed by atoms with Gasteiger partial charge in [-0.1, -0.05) is 31.9 Å². The molecule has 2 fully saturated rings. The van der Waals surface area contributed by atoms with Gasteiger partial charge in [-0.05, 0) is 56.2 Å². The lowest BCUT2D eigenvalue weighted by molar-refractivity contribution is 0.0865. The smallest absolute Gasteiger partial charge is 0.407 e. The molecule has 0 spiro atoms. The highest BCUT2D eigenvalue weighted by Crippen LogP contribution is 2.30. The number of hydrogen-bond donors (Lipinski definition) is 1. The van der Waals surface area contributed by atoms with Crippen molar-refractivity contribution < 1.29 is 19.4 Å². The SMILES string of the molecule is CCCCc1nnc(OC2CCN(C(=O)O)CC2)cc1-c1ccc(OC2CCCCC2)cc1. The summed E-state index contributed by atoms with van der Waals surface area (Å²) >= 11 is 0. The van der Waals surface area contributed by atoms with E-state index in [2.05, 4.69) is 41.4 Å². The minimum Gasteiger partial charge on any atom is -0.490 e. The maximum absolute atomic E-state index is 11.1. The van der Waals surface area contributed by atoms with E-state index in [-0.39, 0.29) is 6.10 Å². The first-order valence-electron chi connectivity index (χ1n) is 12.4. The van der Waals surface area contributed by atoms with Crippen LogP contribution in [0.5, 0.6) is 11.6 Å².